The molecule has 0 aliphatic heterocycles. The van der Waals surface area contributed by atoms with Crippen molar-refractivity contribution in [1.29, 1.82) is 0 Å². The van der Waals surface area contributed by atoms with Gasteiger partial charge in [0, 0.05) is 12.0 Å². The van der Waals surface area contributed by atoms with Gasteiger partial charge in [-0.1, -0.05) is 20.8 Å². The van der Waals surface area contributed by atoms with E-state index in [9.17, 15) is 9.90 Å². The highest BCUT2D eigenvalue weighted by Crippen LogP contribution is 2.47. The fourth-order valence-corrected chi connectivity index (χ4v) is 2.53. The summed E-state index contributed by atoms with van der Waals surface area (Å²) in [6.45, 7) is 6.30. The molecule has 21 heavy (non-hydrogen) atoms. The Morgan fingerprint density at radius 1 is 1.52 bits per heavy atom. The minimum absolute atomic E-state index is 0.0395. The molecule has 1 heterocycles. The van der Waals surface area contributed by atoms with Gasteiger partial charge < -0.3 is 14.8 Å². The third-order valence-electron chi connectivity index (χ3n) is 3.84. The highest BCUT2D eigenvalue weighted by atomic mass is 16.3. The zero-order chi connectivity index (χ0) is 15.4. The average Bonchev–Trinajstić information content (AvgIpc) is 2.98. The van der Waals surface area contributed by atoms with Crippen LogP contribution in [0.15, 0.2) is 22.6 Å². The van der Waals surface area contributed by atoms with Gasteiger partial charge in [-0.3, -0.25) is 4.79 Å². The van der Waals surface area contributed by atoms with Gasteiger partial charge in [0.05, 0.1) is 12.6 Å². The van der Waals surface area contributed by atoms with Gasteiger partial charge in [0.2, 0.25) is 5.91 Å². The van der Waals surface area contributed by atoms with Crippen molar-refractivity contribution in [3.63, 3.8) is 0 Å². The number of carbonyl (C=O) groups excluding carboxylic acids is 1. The summed E-state index contributed by atoms with van der Waals surface area (Å²) in [6, 6.07) is 3.68. The lowest BCUT2D eigenvalue weighted by molar-refractivity contribution is -0.117. The van der Waals surface area contributed by atoms with Crippen LogP contribution in [0, 0.1) is 11.8 Å². The predicted molar refractivity (Wildman–Crippen MR) is 82.7 cm³/mol. The first-order valence-electron chi connectivity index (χ1n) is 7.68. The Bertz CT molecular complexity index is 504. The quantitative estimate of drug-likeness (QED) is 0.759. The number of nitrogens with one attached hydrogen (secondary N) is 1. The van der Waals surface area contributed by atoms with Crippen LogP contribution in [0.5, 0.6) is 0 Å². The molecule has 4 heteroatoms. The fraction of sp³-hybridized carbons (Fsp3) is 0.588. The van der Waals surface area contributed by atoms with Crippen molar-refractivity contribution >= 4 is 12.0 Å². The summed E-state index contributed by atoms with van der Waals surface area (Å²) in [4.78, 5) is 11.8. The van der Waals surface area contributed by atoms with Gasteiger partial charge in [-0.15, -0.1) is 0 Å². The van der Waals surface area contributed by atoms with E-state index in [1.807, 2.05) is 12.1 Å². The van der Waals surface area contributed by atoms with Crippen molar-refractivity contribution in [2.24, 2.45) is 11.8 Å². The highest BCUT2D eigenvalue weighted by molar-refractivity contribution is 5.91. The lowest BCUT2D eigenvalue weighted by Gasteiger charge is -2.16. The minimum atomic E-state index is -0.201. The van der Waals surface area contributed by atoms with Crippen molar-refractivity contribution in [2.75, 3.05) is 6.61 Å². The highest BCUT2D eigenvalue weighted by Gasteiger charge is 2.36. The molecule has 116 valence electrons. The molecule has 0 saturated heterocycles. The second-order valence-corrected chi connectivity index (χ2v) is 6.41. The van der Waals surface area contributed by atoms with Crippen LogP contribution in [-0.4, -0.2) is 23.7 Å². The summed E-state index contributed by atoms with van der Waals surface area (Å²) in [6.07, 6.45) is 5.09. The van der Waals surface area contributed by atoms with Crippen LogP contribution in [0.25, 0.3) is 6.08 Å². The minimum Gasteiger partial charge on any atom is -0.461 e. The normalized spacial score (nSPS) is 22.7. The van der Waals surface area contributed by atoms with Gasteiger partial charge in [0.1, 0.15) is 11.5 Å². The molecule has 1 aliphatic rings. The molecular formula is C17H25NO3. The standard InChI is InChI=1S/C17H25NO3/c1-11(2)8-13(10-19)18-17(20)7-5-14-4-6-16(21-14)15-9-12(15)3/h4-7,11-13,15,19H,8-10H2,1-3H3,(H,18,20). The second-order valence-electron chi connectivity index (χ2n) is 6.41. The third kappa shape index (κ3) is 4.74. The number of aliphatic hydroxyl groups is 1. The SMILES string of the molecule is CC(C)CC(CO)NC(=O)C=Cc1ccc(C2CC2C)o1. The van der Waals surface area contributed by atoms with E-state index in [0.29, 0.717) is 23.5 Å². The number of hydrogen-bond donors (Lipinski definition) is 2. The van der Waals surface area contributed by atoms with Crippen LogP contribution < -0.4 is 5.32 Å². The Labute approximate surface area is 126 Å². The molecule has 4 nitrogen and oxygen atoms in total. The Morgan fingerprint density at radius 3 is 2.81 bits per heavy atom. The maximum Gasteiger partial charge on any atom is 0.244 e. The summed E-state index contributed by atoms with van der Waals surface area (Å²) in [5.74, 6) is 3.19. The largest absolute Gasteiger partial charge is 0.461 e. The zero-order valence-electron chi connectivity index (χ0n) is 13.0. The number of furan rings is 1. The van der Waals surface area contributed by atoms with E-state index >= 15 is 0 Å². The average molecular weight is 291 g/mol. The van der Waals surface area contributed by atoms with Crippen LogP contribution in [0.1, 0.15) is 51.1 Å². The van der Waals surface area contributed by atoms with Crippen LogP contribution in [-0.2, 0) is 4.79 Å². The first-order valence-corrected chi connectivity index (χ1v) is 7.68. The smallest absolute Gasteiger partial charge is 0.244 e. The van der Waals surface area contributed by atoms with E-state index in [2.05, 4.69) is 26.1 Å². The summed E-state index contributed by atoms with van der Waals surface area (Å²) in [5, 5.41) is 12.0. The number of carbonyl (C=O) groups is 1. The van der Waals surface area contributed by atoms with Crippen molar-refractivity contribution in [3.8, 4) is 0 Å². The monoisotopic (exact) mass is 291 g/mol. The van der Waals surface area contributed by atoms with Crippen LogP contribution in [0.3, 0.4) is 0 Å². The van der Waals surface area contributed by atoms with E-state index in [0.717, 1.165) is 12.2 Å². The van der Waals surface area contributed by atoms with Gasteiger partial charge in [-0.05, 0) is 42.9 Å². The molecular weight excluding hydrogens is 266 g/mol. The summed E-state index contributed by atoms with van der Waals surface area (Å²) in [7, 11) is 0. The summed E-state index contributed by atoms with van der Waals surface area (Å²) in [5.41, 5.74) is 0. The number of rotatable bonds is 7. The number of amides is 1. The maximum atomic E-state index is 11.8. The molecule has 1 saturated carbocycles. The molecule has 0 radical (unpaired) electrons. The van der Waals surface area contributed by atoms with Crippen molar-refractivity contribution in [3.05, 3.63) is 29.7 Å². The molecule has 3 atom stereocenters. The number of aliphatic hydroxyl groups excluding tert-OH is 1. The summed E-state index contributed by atoms with van der Waals surface area (Å²) >= 11 is 0. The molecule has 1 aromatic heterocycles. The first kappa shape index (κ1) is 15.8. The molecule has 0 spiro atoms. The van der Waals surface area contributed by atoms with Gasteiger partial charge in [-0.2, -0.15) is 0 Å². The van der Waals surface area contributed by atoms with Crippen molar-refractivity contribution < 1.29 is 14.3 Å². The Kier molecular flexibility index (Phi) is 5.23. The molecule has 1 aliphatic carbocycles. The van der Waals surface area contributed by atoms with Crippen LogP contribution in [0.4, 0.5) is 0 Å². The van der Waals surface area contributed by atoms with E-state index < -0.39 is 0 Å². The van der Waals surface area contributed by atoms with E-state index in [1.165, 1.54) is 12.5 Å². The molecule has 2 N–H and O–H groups in total. The molecule has 1 aromatic rings. The zero-order valence-corrected chi connectivity index (χ0v) is 13.0. The van der Waals surface area contributed by atoms with E-state index in [-0.39, 0.29) is 18.6 Å². The molecule has 1 fully saturated rings. The topological polar surface area (TPSA) is 62.5 Å². The Hall–Kier alpha value is -1.55. The summed E-state index contributed by atoms with van der Waals surface area (Å²) < 4.78 is 5.71. The first-order chi connectivity index (χ1) is 9.99. The van der Waals surface area contributed by atoms with Crippen molar-refractivity contribution in [1.82, 2.24) is 5.32 Å². The number of hydrogen-bond acceptors (Lipinski definition) is 3. The molecule has 3 unspecified atom stereocenters. The van der Waals surface area contributed by atoms with Crippen LogP contribution in [0.2, 0.25) is 0 Å². The Morgan fingerprint density at radius 2 is 2.24 bits per heavy atom. The molecule has 0 aromatic carbocycles. The molecule has 1 amide bonds. The van der Waals surface area contributed by atoms with Crippen LogP contribution >= 0.6 is 0 Å². The molecule has 2 rings (SSSR count). The van der Waals surface area contributed by atoms with Crippen molar-refractivity contribution in [2.45, 2.75) is 45.6 Å². The lowest BCUT2D eigenvalue weighted by atomic mass is 10.0. The van der Waals surface area contributed by atoms with Gasteiger partial charge in [0.15, 0.2) is 0 Å². The lowest BCUT2D eigenvalue weighted by Crippen LogP contribution is -2.37. The van der Waals surface area contributed by atoms with Gasteiger partial charge >= 0.3 is 0 Å². The second kappa shape index (κ2) is 6.94. The maximum absolute atomic E-state index is 11.8. The van der Waals surface area contributed by atoms with E-state index in [1.54, 1.807) is 6.08 Å². The molecule has 0 bridgehead atoms. The van der Waals surface area contributed by atoms with Gasteiger partial charge in [0.25, 0.3) is 0 Å². The van der Waals surface area contributed by atoms with E-state index in [4.69, 9.17) is 4.42 Å². The fourth-order valence-electron chi connectivity index (χ4n) is 2.53. The van der Waals surface area contributed by atoms with Gasteiger partial charge in [-0.25, -0.2) is 0 Å². The predicted octanol–water partition coefficient (Wildman–Crippen LogP) is 2.94. The Balaban J connectivity index is 1.85. The third-order valence-corrected chi connectivity index (χ3v) is 3.84.